The van der Waals surface area contributed by atoms with Gasteiger partial charge in [0.1, 0.15) is 11.8 Å². The predicted molar refractivity (Wildman–Crippen MR) is 89.4 cm³/mol. The van der Waals surface area contributed by atoms with Crippen molar-refractivity contribution in [1.29, 1.82) is 0 Å². The SMILES string of the molecule is COc1ccc(C)cc1NC(=O)C1CCCN1C(=O)CCCN. The monoisotopic (exact) mass is 319 g/mol. The number of hydrogen-bond donors (Lipinski definition) is 2. The first-order chi connectivity index (χ1) is 11.1. The Morgan fingerprint density at radius 2 is 2.22 bits per heavy atom. The van der Waals surface area contributed by atoms with Crippen molar-refractivity contribution in [1.82, 2.24) is 4.90 Å². The zero-order valence-electron chi connectivity index (χ0n) is 13.8. The summed E-state index contributed by atoms with van der Waals surface area (Å²) in [6, 6.07) is 5.20. The van der Waals surface area contributed by atoms with Crippen LogP contribution in [-0.4, -0.2) is 43.0 Å². The van der Waals surface area contributed by atoms with Crippen LogP contribution in [0.15, 0.2) is 18.2 Å². The number of carbonyl (C=O) groups is 2. The molecule has 1 aromatic rings. The predicted octanol–water partition coefficient (Wildman–Crippen LogP) is 1.67. The van der Waals surface area contributed by atoms with E-state index in [1.165, 1.54) is 0 Å². The van der Waals surface area contributed by atoms with E-state index in [9.17, 15) is 9.59 Å². The second kappa shape index (κ2) is 7.97. The number of hydrogen-bond acceptors (Lipinski definition) is 4. The molecule has 1 aliphatic rings. The van der Waals surface area contributed by atoms with Gasteiger partial charge >= 0.3 is 0 Å². The van der Waals surface area contributed by atoms with Gasteiger partial charge in [-0.1, -0.05) is 6.07 Å². The Bertz CT molecular complexity index is 574. The highest BCUT2D eigenvalue weighted by atomic mass is 16.5. The Kier molecular flexibility index (Phi) is 5.98. The molecule has 6 nitrogen and oxygen atoms in total. The normalized spacial score (nSPS) is 17.2. The van der Waals surface area contributed by atoms with Gasteiger partial charge in [-0.2, -0.15) is 0 Å². The summed E-state index contributed by atoms with van der Waals surface area (Å²) < 4.78 is 5.28. The van der Waals surface area contributed by atoms with Gasteiger partial charge in [-0.25, -0.2) is 0 Å². The lowest BCUT2D eigenvalue weighted by atomic mass is 10.1. The van der Waals surface area contributed by atoms with E-state index in [0.29, 0.717) is 43.8 Å². The van der Waals surface area contributed by atoms with E-state index in [0.717, 1.165) is 12.0 Å². The summed E-state index contributed by atoms with van der Waals surface area (Å²) in [5.74, 6) is 0.458. The fraction of sp³-hybridized carbons (Fsp3) is 0.529. The summed E-state index contributed by atoms with van der Waals surface area (Å²) in [7, 11) is 1.57. The molecular weight excluding hydrogens is 294 g/mol. The summed E-state index contributed by atoms with van der Waals surface area (Å²) in [5.41, 5.74) is 7.12. The minimum Gasteiger partial charge on any atom is -0.495 e. The van der Waals surface area contributed by atoms with Crippen LogP contribution in [-0.2, 0) is 9.59 Å². The van der Waals surface area contributed by atoms with E-state index in [-0.39, 0.29) is 11.8 Å². The van der Waals surface area contributed by atoms with Crippen LogP contribution in [0.4, 0.5) is 5.69 Å². The fourth-order valence-electron chi connectivity index (χ4n) is 2.87. The first kappa shape index (κ1) is 17.3. The van der Waals surface area contributed by atoms with Crippen LogP contribution >= 0.6 is 0 Å². The average Bonchev–Trinajstić information content (AvgIpc) is 3.02. The number of methoxy groups -OCH3 is 1. The molecule has 0 radical (unpaired) electrons. The lowest BCUT2D eigenvalue weighted by Gasteiger charge is -2.24. The van der Waals surface area contributed by atoms with Crippen LogP contribution < -0.4 is 15.8 Å². The lowest BCUT2D eigenvalue weighted by molar-refractivity contribution is -0.136. The van der Waals surface area contributed by atoms with Crippen LogP contribution in [0.3, 0.4) is 0 Å². The maximum absolute atomic E-state index is 12.6. The zero-order chi connectivity index (χ0) is 16.8. The maximum Gasteiger partial charge on any atom is 0.247 e. The molecule has 6 heteroatoms. The zero-order valence-corrected chi connectivity index (χ0v) is 13.8. The molecule has 126 valence electrons. The number of ether oxygens (including phenoxy) is 1. The molecular formula is C17H25N3O3. The van der Waals surface area contributed by atoms with Crippen molar-refractivity contribution in [3.05, 3.63) is 23.8 Å². The largest absolute Gasteiger partial charge is 0.495 e. The molecule has 1 atom stereocenters. The van der Waals surface area contributed by atoms with Gasteiger partial charge in [0.15, 0.2) is 0 Å². The molecule has 1 aliphatic heterocycles. The Labute approximate surface area is 137 Å². The number of nitrogens with zero attached hydrogens (tertiary/aromatic N) is 1. The Morgan fingerprint density at radius 3 is 2.91 bits per heavy atom. The van der Waals surface area contributed by atoms with Gasteiger partial charge in [0.2, 0.25) is 11.8 Å². The van der Waals surface area contributed by atoms with E-state index < -0.39 is 6.04 Å². The summed E-state index contributed by atoms with van der Waals surface area (Å²) in [6.45, 7) is 3.07. The minimum atomic E-state index is -0.412. The number of anilines is 1. The van der Waals surface area contributed by atoms with E-state index in [1.54, 1.807) is 12.0 Å². The Hall–Kier alpha value is -2.08. The summed E-state index contributed by atoms with van der Waals surface area (Å²) in [5, 5.41) is 2.90. The molecule has 1 fully saturated rings. The number of benzene rings is 1. The quantitative estimate of drug-likeness (QED) is 0.835. The van der Waals surface area contributed by atoms with Gasteiger partial charge in [-0.05, 0) is 50.4 Å². The van der Waals surface area contributed by atoms with E-state index >= 15 is 0 Å². The average molecular weight is 319 g/mol. The van der Waals surface area contributed by atoms with E-state index in [2.05, 4.69) is 5.32 Å². The topological polar surface area (TPSA) is 84.7 Å². The molecule has 23 heavy (non-hydrogen) atoms. The molecule has 0 spiro atoms. The standard InChI is InChI=1S/C17H25N3O3/c1-12-7-8-15(23-2)13(11-12)19-17(22)14-5-4-10-20(14)16(21)6-3-9-18/h7-8,11,14H,3-6,9-10,18H2,1-2H3,(H,19,22). The van der Waals surface area contributed by atoms with Crippen molar-refractivity contribution in [3.63, 3.8) is 0 Å². The molecule has 2 amide bonds. The third kappa shape index (κ3) is 4.22. The number of carbonyl (C=O) groups excluding carboxylic acids is 2. The van der Waals surface area contributed by atoms with Gasteiger partial charge < -0.3 is 20.7 Å². The van der Waals surface area contributed by atoms with Crippen LogP contribution in [0.5, 0.6) is 5.75 Å². The third-order valence-corrected chi connectivity index (χ3v) is 4.08. The Balaban J connectivity index is 2.07. The third-order valence-electron chi connectivity index (χ3n) is 4.08. The van der Waals surface area contributed by atoms with Gasteiger partial charge in [-0.15, -0.1) is 0 Å². The van der Waals surface area contributed by atoms with E-state index in [1.807, 2.05) is 25.1 Å². The van der Waals surface area contributed by atoms with Crippen molar-refractivity contribution in [2.45, 2.75) is 38.6 Å². The van der Waals surface area contributed by atoms with Crippen LogP contribution in [0.1, 0.15) is 31.2 Å². The fourth-order valence-corrected chi connectivity index (χ4v) is 2.87. The maximum atomic E-state index is 12.6. The molecule has 1 unspecified atom stereocenters. The molecule has 0 bridgehead atoms. The summed E-state index contributed by atoms with van der Waals surface area (Å²) >= 11 is 0. The van der Waals surface area contributed by atoms with Crippen molar-refractivity contribution in [3.8, 4) is 5.75 Å². The highest BCUT2D eigenvalue weighted by molar-refractivity contribution is 5.98. The number of rotatable bonds is 6. The van der Waals surface area contributed by atoms with Crippen molar-refractivity contribution in [2.24, 2.45) is 5.73 Å². The second-order valence-electron chi connectivity index (χ2n) is 5.83. The van der Waals surface area contributed by atoms with Gasteiger partial charge in [-0.3, -0.25) is 9.59 Å². The highest BCUT2D eigenvalue weighted by Crippen LogP contribution is 2.27. The molecule has 1 saturated heterocycles. The molecule has 0 aliphatic carbocycles. The first-order valence-electron chi connectivity index (χ1n) is 8.02. The molecule has 2 rings (SSSR count). The summed E-state index contributed by atoms with van der Waals surface area (Å²) in [4.78, 5) is 26.5. The van der Waals surface area contributed by atoms with Crippen LogP contribution in [0.25, 0.3) is 0 Å². The van der Waals surface area contributed by atoms with Gasteiger partial charge in [0.25, 0.3) is 0 Å². The van der Waals surface area contributed by atoms with Gasteiger partial charge in [0, 0.05) is 13.0 Å². The number of nitrogens with one attached hydrogen (secondary N) is 1. The number of likely N-dealkylation sites (tertiary alicyclic amines) is 1. The first-order valence-corrected chi connectivity index (χ1v) is 8.02. The highest BCUT2D eigenvalue weighted by Gasteiger charge is 2.33. The molecule has 1 heterocycles. The summed E-state index contributed by atoms with van der Waals surface area (Å²) in [6.07, 6.45) is 2.58. The van der Waals surface area contributed by atoms with E-state index in [4.69, 9.17) is 10.5 Å². The van der Waals surface area contributed by atoms with Crippen molar-refractivity contribution in [2.75, 3.05) is 25.5 Å². The molecule has 1 aromatic carbocycles. The number of aryl methyl sites for hydroxylation is 1. The van der Waals surface area contributed by atoms with Crippen LogP contribution in [0, 0.1) is 6.92 Å². The molecule has 0 aromatic heterocycles. The van der Waals surface area contributed by atoms with Crippen LogP contribution in [0.2, 0.25) is 0 Å². The smallest absolute Gasteiger partial charge is 0.247 e. The van der Waals surface area contributed by atoms with Crippen molar-refractivity contribution >= 4 is 17.5 Å². The molecule has 0 saturated carbocycles. The number of nitrogens with two attached hydrogens (primary N) is 1. The minimum absolute atomic E-state index is 0.00399. The molecule has 3 N–H and O–H groups in total. The number of amides is 2. The second-order valence-corrected chi connectivity index (χ2v) is 5.83. The lowest BCUT2D eigenvalue weighted by Crippen LogP contribution is -2.43. The Morgan fingerprint density at radius 1 is 1.43 bits per heavy atom. The van der Waals surface area contributed by atoms with Crippen molar-refractivity contribution < 1.29 is 14.3 Å². The van der Waals surface area contributed by atoms with Gasteiger partial charge in [0.05, 0.1) is 12.8 Å².